The third-order valence-corrected chi connectivity index (χ3v) is 4.20. The Hall–Kier alpha value is -1.86. The second-order valence-electron chi connectivity index (χ2n) is 6.55. The maximum absolute atomic E-state index is 13.6. The molecular formula is C18H27FN2O4. The predicted molar refractivity (Wildman–Crippen MR) is 93.4 cm³/mol. The number of aliphatic hydroxyl groups excluding tert-OH is 1. The lowest BCUT2D eigenvalue weighted by atomic mass is 10.0. The van der Waals surface area contributed by atoms with E-state index in [0.29, 0.717) is 18.8 Å². The van der Waals surface area contributed by atoms with Crippen molar-refractivity contribution in [3.05, 3.63) is 24.0 Å². The highest BCUT2D eigenvalue weighted by Crippen LogP contribution is 2.26. The van der Waals surface area contributed by atoms with Crippen molar-refractivity contribution in [2.24, 2.45) is 5.92 Å². The summed E-state index contributed by atoms with van der Waals surface area (Å²) >= 11 is 0. The Morgan fingerprint density at radius 1 is 1.48 bits per heavy atom. The number of rotatable bonds is 8. The van der Waals surface area contributed by atoms with Crippen LogP contribution in [0.3, 0.4) is 0 Å². The molecule has 0 aliphatic carbocycles. The van der Waals surface area contributed by atoms with Gasteiger partial charge in [0, 0.05) is 25.3 Å². The van der Waals surface area contributed by atoms with Crippen molar-refractivity contribution < 1.29 is 23.8 Å². The van der Waals surface area contributed by atoms with Crippen LogP contribution in [0.2, 0.25) is 0 Å². The molecule has 6 nitrogen and oxygen atoms in total. The Kier molecular flexibility index (Phi) is 7.46. The highest BCUT2D eigenvalue weighted by molar-refractivity contribution is 5.91. The Balaban J connectivity index is 1.98. The number of anilines is 1. The van der Waals surface area contributed by atoms with Gasteiger partial charge in [-0.15, -0.1) is 0 Å². The number of urea groups is 1. The molecule has 25 heavy (non-hydrogen) atoms. The van der Waals surface area contributed by atoms with Crippen molar-refractivity contribution in [1.29, 1.82) is 0 Å². The minimum absolute atomic E-state index is 0.0150. The van der Waals surface area contributed by atoms with Gasteiger partial charge in [0.05, 0.1) is 11.8 Å². The molecule has 1 aliphatic heterocycles. The van der Waals surface area contributed by atoms with Gasteiger partial charge in [-0.1, -0.05) is 13.8 Å². The van der Waals surface area contributed by atoms with Gasteiger partial charge in [-0.05, 0) is 37.3 Å². The second kappa shape index (κ2) is 9.58. The predicted octanol–water partition coefficient (Wildman–Crippen LogP) is 2.91. The summed E-state index contributed by atoms with van der Waals surface area (Å²) in [6.45, 7) is 4.99. The maximum atomic E-state index is 13.6. The van der Waals surface area contributed by atoms with Crippen molar-refractivity contribution in [3.63, 3.8) is 0 Å². The largest absolute Gasteiger partial charge is 0.489 e. The molecule has 1 aromatic rings. The first-order chi connectivity index (χ1) is 12.0. The van der Waals surface area contributed by atoms with Crippen LogP contribution in [-0.4, -0.2) is 43.1 Å². The van der Waals surface area contributed by atoms with Crippen molar-refractivity contribution in [2.75, 3.05) is 25.1 Å². The fourth-order valence-corrected chi connectivity index (χ4v) is 2.72. The van der Waals surface area contributed by atoms with E-state index in [9.17, 15) is 9.18 Å². The second-order valence-corrected chi connectivity index (χ2v) is 6.55. The molecule has 1 saturated heterocycles. The quantitative estimate of drug-likeness (QED) is 0.671. The van der Waals surface area contributed by atoms with Crippen LogP contribution in [-0.2, 0) is 4.74 Å². The van der Waals surface area contributed by atoms with Crippen LogP contribution in [0.25, 0.3) is 0 Å². The van der Waals surface area contributed by atoms with Gasteiger partial charge in [0.2, 0.25) is 0 Å². The summed E-state index contributed by atoms with van der Waals surface area (Å²) < 4.78 is 24.8. The van der Waals surface area contributed by atoms with Gasteiger partial charge >= 0.3 is 6.03 Å². The van der Waals surface area contributed by atoms with Crippen molar-refractivity contribution in [3.8, 4) is 5.75 Å². The molecule has 1 heterocycles. The summed E-state index contributed by atoms with van der Waals surface area (Å²) in [5, 5.41) is 14.5. The molecular weight excluding hydrogens is 327 g/mol. The van der Waals surface area contributed by atoms with Gasteiger partial charge in [-0.3, -0.25) is 0 Å². The summed E-state index contributed by atoms with van der Waals surface area (Å²) in [4.78, 5) is 12.2. The number of ether oxygens (including phenoxy) is 2. The third kappa shape index (κ3) is 6.17. The molecule has 2 atom stereocenters. The molecule has 7 heteroatoms. The van der Waals surface area contributed by atoms with E-state index in [2.05, 4.69) is 10.6 Å². The number of hydrogen-bond acceptors (Lipinski definition) is 4. The molecule has 0 aromatic heterocycles. The van der Waals surface area contributed by atoms with Crippen molar-refractivity contribution >= 4 is 11.7 Å². The van der Waals surface area contributed by atoms with E-state index >= 15 is 0 Å². The van der Waals surface area contributed by atoms with Crippen LogP contribution in [0, 0.1) is 11.7 Å². The minimum Gasteiger partial charge on any atom is -0.489 e. The number of carbonyl (C=O) groups excluding carboxylic acids is 1. The van der Waals surface area contributed by atoms with Gasteiger partial charge in [-0.2, -0.15) is 0 Å². The van der Waals surface area contributed by atoms with E-state index in [0.717, 1.165) is 19.4 Å². The van der Waals surface area contributed by atoms with Crippen LogP contribution < -0.4 is 15.4 Å². The first-order valence-corrected chi connectivity index (χ1v) is 8.72. The average molecular weight is 354 g/mol. The average Bonchev–Trinajstić information content (AvgIpc) is 3.07. The summed E-state index contributed by atoms with van der Waals surface area (Å²) in [6, 6.07) is 3.37. The van der Waals surface area contributed by atoms with Gasteiger partial charge in [-0.25, -0.2) is 9.18 Å². The number of carbonyl (C=O) groups is 1. The Morgan fingerprint density at radius 3 is 2.92 bits per heavy atom. The summed E-state index contributed by atoms with van der Waals surface area (Å²) in [5.41, 5.74) is 0.266. The van der Waals surface area contributed by atoms with E-state index in [1.54, 1.807) is 0 Å². The van der Waals surface area contributed by atoms with E-state index < -0.39 is 11.8 Å². The van der Waals surface area contributed by atoms with Gasteiger partial charge in [0.15, 0.2) is 0 Å². The fourth-order valence-electron chi connectivity index (χ4n) is 2.72. The third-order valence-electron chi connectivity index (χ3n) is 4.20. The molecule has 140 valence electrons. The lowest BCUT2D eigenvalue weighted by Gasteiger charge is -2.22. The van der Waals surface area contributed by atoms with Crippen LogP contribution in [0.15, 0.2) is 18.2 Å². The SMILES string of the molecule is CC(C)[C@@H](CCO)NC(=O)Nc1cc(F)ccc1OC[C@H]1CCCO1. The highest BCUT2D eigenvalue weighted by atomic mass is 19.1. The number of aliphatic hydroxyl groups is 1. The molecule has 0 saturated carbocycles. The van der Waals surface area contributed by atoms with Crippen LogP contribution in [0.4, 0.5) is 14.9 Å². The number of amides is 2. The smallest absolute Gasteiger partial charge is 0.319 e. The lowest BCUT2D eigenvalue weighted by molar-refractivity contribution is 0.0682. The first kappa shape index (κ1) is 19.5. The Labute approximate surface area is 147 Å². The van der Waals surface area contributed by atoms with E-state index in [1.807, 2.05) is 13.8 Å². The monoisotopic (exact) mass is 354 g/mol. The zero-order valence-electron chi connectivity index (χ0n) is 14.8. The molecule has 0 radical (unpaired) electrons. The minimum atomic E-state index is -0.462. The molecule has 2 rings (SSSR count). The standard InChI is InChI=1S/C18H27FN2O4/c1-12(2)15(7-8-22)20-18(23)21-16-10-13(19)5-6-17(16)25-11-14-4-3-9-24-14/h5-6,10,12,14-15,22H,3-4,7-9,11H2,1-2H3,(H2,20,21,23)/t14-,15-/m1/s1. The molecule has 0 unspecified atom stereocenters. The molecule has 1 aliphatic rings. The van der Waals surface area contributed by atoms with Crippen LogP contribution in [0.5, 0.6) is 5.75 Å². The molecule has 2 amide bonds. The molecule has 0 bridgehead atoms. The molecule has 3 N–H and O–H groups in total. The molecule has 1 fully saturated rings. The number of nitrogens with one attached hydrogen (secondary N) is 2. The lowest BCUT2D eigenvalue weighted by Crippen LogP contribution is -2.41. The number of benzene rings is 1. The molecule has 1 aromatic carbocycles. The van der Waals surface area contributed by atoms with E-state index in [-0.39, 0.29) is 30.4 Å². The zero-order valence-corrected chi connectivity index (χ0v) is 14.8. The first-order valence-electron chi connectivity index (χ1n) is 8.72. The topological polar surface area (TPSA) is 79.8 Å². The Bertz CT molecular complexity index is 562. The maximum Gasteiger partial charge on any atom is 0.319 e. The normalized spacial score (nSPS) is 18.2. The van der Waals surface area contributed by atoms with Gasteiger partial charge in [0.25, 0.3) is 0 Å². The van der Waals surface area contributed by atoms with Crippen LogP contribution >= 0.6 is 0 Å². The van der Waals surface area contributed by atoms with Crippen molar-refractivity contribution in [2.45, 2.75) is 45.3 Å². The summed E-state index contributed by atoms with van der Waals surface area (Å²) in [5.74, 6) is 0.103. The van der Waals surface area contributed by atoms with E-state index in [1.165, 1.54) is 18.2 Å². The summed E-state index contributed by atoms with van der Waals surface area (Å²) in [6.07, 6.45) is 2.42. The fraction of sp³-hybridized carbons (Fsp3) is 0.611. The van der Waals surface area contributed by atoms with Crippen molar-refractivity contribution in [1.82, 2.24) is 5.32 Å². The number of hydrogen-bond donors (Lipinski definition) is 3. The van der Waals surface area contributed by atoms with Crippen LogP contribution in [0.1, 0.15) is 33.1 Å². The van der Waals surface area contributed by atoms with E-state index in [4.69, 9.17) is 14.6 Å². The number of halogens is 1. The zero-order chi connectivity index (χ0) is 18.2. The summed E-state index contributed by atoms with van der Waals surface area (Å²) in [7, 11) is 0. The Morgan fingerprint density at radius 2 is 2.28 bits per heavy atom. The molecule has 0 spiro atoms. The highest BCUT2D eigenvalue weighted by Gasteiger charge is 2.19. The van der Waals surface area contributed by atoms with Gasteiger partial charge in [0.1, 0.15) is 18.2 Å². The van der Waals surface area contributed by atoms with Gasteiger partial charge < -0.3 is 25.2 Å².